The molecule has 4 nitrogen and oxygen atoms in total. The molecule has 0 atom stereocenters. The monoisotopic (exact) mass is 459 g/mol. The van der Waals surface area contributed by atoms with Crippen LogP contribution in [0.2, 0.25) is 0 Å². The quantitative estimate of drug-likeness (QED) is 0.279. The molecule has 0 saturated heterocycles. The number of benzene rings is 3. The summed E-state index contributed by atoms with van der Waals surface area (Å²) in [5, 5.41) is 0. The van der Waals surface area contributed by atoms with Gasteiger partial charge in [0.25, 0.3) is 0 Å². The van der Waals surface area contributed by atoms with Gasteiger partial charge in [-0.2, -0.15) is 0 Å². The van der Waals surface area contributed by atoms with Gasteiger partial charge in [0.1, 0.15) is 23.9 Å². The molecule has 4 heteroatoms. The average molecular weight is 460 g/mol. The number of rotatable bonds is 12. The second kappa shape index (κ2) is 12.9. The summed E-state index contributed by atoms with van der Waals surface area (Å²) in [6, 6.07) is 25.0. The molecule has 0 amide bonds. The summed E-state index contributed by atoms with van der Waals surface area (Å²) in [5.41, 5.74) is 6.00. The topological polar surface area (TPSA) is 30.9 Å². The second-order valence-corrected chi connectivity index (χ2v) is 8.06. The van der Waals surface area contributed by atoms with E-state index in [0.29, 0.717) is 6.61 Å². The van der Waals surface area contributed by atoms with Gasteiger partial charge in [-0.05, 0) is 83.7 Å². The molecule has 0 heterocycles. The Morgan fingerprint density at radius 1 is 0.618 bits per heavy atom. The molecule has 0 unspecified atom stereocenters. The first kappa shape index (κ1) is 25.4. The van der Waals surface area contributed by atoms with Crippen LogP contribution in [0.4, 0.5) is 0 Å². The van der Waals surface area contributed by atoms with Crippen molar-refractivity contribution >= 4 is 11.1 Å². The van der Waals surface area contributed by atoms with Crippen LogP contribution in [0.3, 0.4) is 0 Å². The molecular weight excluding hydrogens is 422 g/mol. The molecule has 3 aromatic rings. The molecule has 0 saturated carbocycles. The molecule has 0 fully saturated rings. The fourth-order valence-electron chi connectivity index (χ4n) is 4.14. The van der Waals surface area contributed by atoms with Gasteiger partial charge in [0.05, 0.1) is 14.2 Å². The Morgan fingerprint density at radius 3 is 1.47 bits per heavy atom. The first-order chi connectivity index (χ1) is 16.6. The lowest BCUT2D eigenvalue weighted by Gasteiger charge is -2.19. The molecule has 0 aromatic heterocycles. The summed E-state index contributed by atoms with van der Waals surface area (Å²) in [4.78, 5) is 2.36. The van der Waals surface area contributed by atoms with Crippen molar-refractivity contribution in [2.24, 2.45) is 0 Å². The van der Waals surface area contributed by atoms with Crippen molar-refractivity contribution in [3.05, 3.63) is 89.5 Å². The Morgan fingerprint density at radius 2 is 1.06 bits per heavy atom. The fourth-order valence-corrected chi connectivity index (χ4v) is 4.14. The lowest BCUT2D eigenvalue weighted by molar-refractivity contribution is 0.223. The van der Waals surface area contributed by atoms with E-state index in [9.17, 15) is 0 Å². The highest BCUT2D eigenvalue weighted by atomic mass is 16.5. The Bertz CT molecular complexity index is 984. The minimum Gasteiger partial charge on any atom is -0.497 e. The van der Waals surface area contributed by atoms with Crippen LogP contribution in [0.25, 0.3) is 11.1 Å². The van der Waals surface area contributed by atoms with Gasteiger partial charge in [0.2, 0.25) is 0 Å². The smallest absolute Gasteiger partial charge is 0.119 e. The molecule has 0 aliphatic rings. The molecule has 34 heavy (non-hydrogen) atoms. The number of ether oxygens (including phenoxy) is 3. The molecule has 3 aromatic carbocycles. The van der Waals surface area contributed by atoms with E-state index >= 15 is 0 Å². The molecule has 3 rings (SSSR count). The highest BCUT2D eigenvalue weighted by molar-refractivity contribution is 5.98. The van der Waals surface area contributed by atoms with E-state index in [0.717, 1.165) is 54.4 Å². The lowest BCUT2D eigenvalue weighted by Crippen LogP contribution is -2.27. The van der Waals surface area contributed by atoms with Crippen molar-refractivity contribution in [3.63, 3.8) is 0 Å². The van der Waals surface area contributed by atoms with Crippen LogP contribution in [0.15, 0.2) is 72.8 Å². The van der Waals surface area contributed by atoms with Gasteiger partial charge in [-0.3, -0.25) is 0 Å². The van der Waals surface area contributed by atoms with Gasteiger partial charge in [0, 0.05) is 6.54 Å². The molecule has 0 aliphatic heterocycles. The van der Waals surface area contributed by atoms with Crippen LogP contribution in [0, 0.1) is 0 Å². The second-order valence-electron chi connectivity index (χ2n) is 8.06. The van der Waals surface area contributed by atoms with Crippen LogP contribution in [-0.4, -0.2) is 45.4 Å². The van der Waals surface area contributed by atoms with Crippen molar-refractivity contribution in [2.45, 2.75) is 27.2 Å². The SMILES string of the molecule is CCC(=C(c1ccc(OC)cc1)c1ccc(OC)cc1)c1ccc(OCCN(CC)CC)cc1. The van der Waals surface area contributed by atoms with Crippen LogP contribution in [-0.2, 0) is 0 Å². The van der Waals surface area contributed by atoms with Gasteiger partial charge < -0.3 is 19.1 Å². The van der Waals surface area contributed by atoms with E-state index in [1.165, 1.54) is 16.7 Å². The molecule has 0 bridgehead atoms. The largest absolute Gasteiger partial charge is 0.497 e. The first-order valence-electron chi connectivity index (χ1n) is 12.1. The van der Waals surface area contributed by atoms with Gasteiger partial charge in [-0.15, -0.1) is 0 Å². The van der Waals surface area contributed by atoms with Crippen molar-refractivity contribution in [1.29, 1.82) is 0 Å². The van der Waals surface area contributed by atoms with Crippen LogP contribution in [0.1, 0.15) is 43.9 Å². The molecule has 0 aliphatic carbocycles. The minimum absolute atomic E-state index is 0.695. The summed E-state index contributed by atoms with van der Waals surface area (Å²) in [5.74, 6) is 2.60. The van der Waals surface area contributed by atoms with Crippen molar-refractivity contribution in [3.8, 4) is 17.2 Å². The Balaban J connectivity index is 1.95. The summed E-state index contributed by atoms with van der Waals surface area (Å²) in [6.07, 6.45) is 0.898. The van der Waals surface area contributed by atoms with E-state index in [4.69, 9.17) is 14.2 Å². The van der Waals surface area contributed by atoms with E-state index in [2.05, 4.69) is 74.2 Å². The van der Waals surface area contributed by atoms with Crippen LogP contribution < -0.4 is 14.2 Å². The third-order valence-corrected chi connectivity index (χ3v) is 6.19. The zero-order chi connectivity index (χ0) is 24.3. The minimum atomic E-state index is 0.695. The Kier molecular flexibility index (Phi) is 9.60. The number of allylic oxidation sites excluding steroid dienone is 1. The average Bonchev–Trinajstić information content (AvgIpc) is 2.90. The van der Waals surface area contributed by atoms with Gasteiger partial charge in [-0.1, -0.05) is 57.2 Å². The molecule has 180 valence electrons. The Hall–Kier alpha value is -3.24. The maximum Gasteiger partial charge on any atom is 0.119 e. The summed E-state index contributed by atoms with van der Waals surface area (Å²) in [7, 11) is 3.39. The van der Waals surface area contributed by atoms with E-state index in [1.807, 2.05) is 24.3 Å². The lowest BCUT2D eigenvalue weighted by atomic mass is 9.88. The van der Waals surface area contributed by atoms with E-state index < -0.39 is 0 Å². The number of nitrogens with zero attached hydrogens (tertiary/aromatic N) is 1. The number of hydrogen-bond acceptors (Lipinski definition) is 4. The Labute approximate surface area is 204 Å². The predicted molar refractivity (Wildman–Crippen MR) is 142 cm³/mol. The van der Waals surface area contributed by atoms with Crippen molar-refractivity contribution in [2.75, 3.05) is 40.5 Å². The summed E-state index contributed by atoms with van der Waals surface area (Å²) >= 11 is 0. The maximum atomic E-state index is 6.00. The maximum absolute atomic E-state index is 6.00. The van der Waals surface area contributed by atoms with Gasteiger partial charge >= 0.3 is 0 Å². The molecular formula is C30H37NO3. The highest BCUT2D eigenvalue weighted by Crippen LogP contribution is 2.36. The molecule has 0 N–H and O–H groups in total. The standard InChI is InChI=1S/C30H37NO3/c1-6-29(23-9-19-28(20-10-23)34-22-21-31(7-2)8-3)30(24-11-15-26(32-4)16-12-24)25-13-17-27(33-5)18-14-25/h9-20H,6-8,21-22H2,1-5H3. The third kappa shape index (κ3) is 6.42. The van der Waals surface area contributed by atoms with E-state index in [-0.39, 0.29) is 0 Å². The molecule has 0 radical (unpaired) electrons. The fraction of sp³-hybridized carbons (Fsp3) is 0.333. The summed E-state index contributed by atoms with van der Waals surface area (Å²) in [6.45, 7) is 10.3. The zero-order valence-electron chi connectivity index (χ0n) is 21.1. The zero-order valence-corrected chi connectivity index (χ0v) is 21.1. The molecule has 0 spiro atoms. The normalized spacial score (nSPS) is 10.8. The van der Waals surface area contributed by atoms with Crippen molar-refractivity contribution < 1.29 is 14.2 Å². The van der Waals surface area contributed by atoms with E-state index in [1.54, 1.807) is 14.2 Å². The number of methoxy groups -OCH3 is 2. The third-order valence-electron chi connectivity index (χ3n) is 6.19. The van der Waals surface area contributed by atoms with Gasteiger partial charge in [-0.25, -0.2) is 0 Å². The number of hydrogen-bond donors (Lipinski definition) is 0. The highest BCUT2D eigenvalue weighted by Gasteiger charge is 2.14. The van der Waals surface area contributed by atoms with Crippen LogP contribution >= 0.6 is 0 Å². The number of likely N-dealkylation sites (N-methyl/N-ethyl adjacent to an activating group) is 1. The van der Waals surface area contributed by atoms with Crippen LogP contribution in [0.5, 0.6) is 17.2 Å². The van der Waals surface area contributed by atoms with Crippen molar-refractivity contribution in [1.82, 2.24) is 4.90 Å². The van der Waals surface area contributed by atoms with Gasteiger partial charge in [0.15, 0.2) is 0 Å². The first-order valence-corrected chi connectivity index (χ1v) is 12.1. The summed E-state index contributed by atoms with van der Waals surface area (Å²) < 4.78 is 16.8. The predicted octanol–water partition coefficient (Wildman–Crippen LogP) is 6.79.